The second-order valence-electron chi connectivity index (χ2n) is 6.89. The van der Waals surface area contributed by atoms with Crippen molar-refractivity contribution >= 4 is 15.9 Å². The van der Waals surface area contributed by atoms with E-state index in [0.717, 1.165) is 16.7 Å². The molecule has 0 saturated carbocycles. The maximum absolute atomic E-state index is 12.8. The summed E-state index contributed by atoms with van der Waals surface area (Å²) in [6.45, 7) is 5.32. The third kappa shape index (κ3) is 4.79. The summed E-state index contributed by atoms with van der Waals surface area (Å²) >= 11 is 0. The molecule has 1 amide bonds. The normalized spacial score (nSPS) is 15.1. The third-order valence-electron chi connectivity index (χ3n) is 4.91. The first-order chi connectivity index (χ1) is 13.4. The number of ether oxygens (including phenoxy) is 1. The van der Waals surface area contributed by atoms with Crippen LogP contribution in [0.5, 0.6) is 0 Å². The highest BCUT2D eigenvalue weighted by molar-refractivity contribution is 7.89. The monoisotopic (exact) mass is 402 g/mol. The molecule has 1 N–H and O–H groups in total. The predicted octanol–water partition coefficient (Wildman–Crippen LogP) is 2.65. The van der Waals surface area contributed by atoms with E-state index in [9.17, 15) is 13.2 Å². The molecule has 2 aromatic carbocycles. The molecule has 1 aliphatic heterocycles. The van der Waals surface area contributed by atoms with E-state index >= 15 is 0 Å². The van der Waals surface area contributed by atoms with Crippen molar-refractivity contribution in [1.82, 2.24) is 9.62 Å². The quantitative estimate of drug-likeness (QED) is 0.773. The Bertz CT molecular complexity index is 929. The van der Waals surface area contributed by atoms with Crippen molar-refractivity contribution < 1.29 is 17.9 Å². The van der Waals surface area contributed by atoms with Gasteiger partial charge in [0.05, 0.1) is 4.90 Å². The summed E-state index contributed by atoms with van der Waals surface area (Å²) in [5.74, 6) is -0.0393. The van der Waals surface area contributed by atoms with E-state index in [1.54, 1.807) is 23.1 Å². The summed E-state index contributed by atoms with van der Waals surface area (Å²) in [5, 5.41) is 0. The molecule has 1 heterocycles. The zero-order valence-corrected chi connectivity index (χ0v) is 17.0. The van der Waals surface area contributed by atoms with Crippen LogP contribution in [0.15, 0.2) is 53.4 Å². The van der Waals surface area contributed by atoms with Crippen LogP contribution in [0.25, 0.3) is 0 Å². The van der Waals surface area contributed by atoms with Crippen LogP contribution in [0.2, 0.25) is 0 Å². The minimum absolute atomic E-state index is 0.0393. The van der Waals surface area contributed by atoms with Gasteiger partial charge in [0, 0.05) is 25.7 Å². The van der Waals surface area contributed by atoms with Crippen LogP contribution in [-0.2, 0) is 32.5 Å². The zero-order chi connectivity index (χ0) is 20.1. The lowest BCUT2D eigenvalue weighted by atomic mass is 10.00. The first kappa shape index (κ1) is 20.5. The van der Waals surface area contributed by atoms with Crippen LogP contribution in [0, 0.1) is 0 Å². The average molecular weight is 403 g/mol. The van der Waals surface area contributed by atoms with Gasteiger partial charge in [-0.15, -0.1) is 0 Å². The Labute approximate surface area is 166 Å². The van der Waals surface area contributed by atoms with E-state index in [-0.39, 0.29) is 23.5 Å². The Kier molecular flexibility index (Phi) is 6.49. The van der Waals surface area contributed by atoms with Crippen LogP contribution in [-0.4, -0.2) is 39.0 Å². The summed E-state index contributed by atoms with van der Waals surface area (Å²) in [4.78, 5) is 14.1. The van der Waals surface area contributed by atoms with Crippen LogP contribution in [0.3, 0.4) is 0 Å². The lowest BCUT2D eigenvalue weighted by Gasteiger charge is -2.29. The molecule has 0 saturated heterocycles. The predicted molar refractivity (Wildman–Crippen MR) is 107 cm³/mol. The maximum atomic E-state index is 12.8. The molecule has 150 valence electrons. The number of nitrogens with zero attached hydrogens (tertiary/aromatic N) is 1. The molecule has 0 bridgehead atoms. The third-order valence-corrected chi connectivity index (χ3v) is 6.45. The van der Waals surface area contributed by atoms with Gasteiger partial charge in [-0.1, -0.05) is 36.4 Å². The molecule has 2 aromatic rings. The van der Waals surface area contributed by atoms with Crippen molar-refractivity contribution in [1.29, 1.82) is 0 Å². The molecule has 6 nitrogen and oxygen atoms in total. The highest BCUT2D eigenvalue weighted by Gasteiger charge is 2.24. The second-order valence-corrected chi connectivity index (χ2v) is 8.60. The number of benzene rings is 2. The van der Waals surface area contributed by atoms with Crippen LogP contribution < -0.4 is 4.72 Å². The number of sulfonamides is 1. The molecule has 3 rings (SSSR count). The standard InChI is InChI=1S/C21H26N2O4S/c1-3-27-15-21(24)23-12-11-18-13-20(10-9-19(18)14-23)28(25,26)22-16(2)17-7-5-4-6-8-17/h4-10,13,16,22H,3,11-12,14-15H2,1-2H3. The Balaban J connectivity index is 1.72. The lowest BCUT2D eigenvalue weighted by Crippen LogP contribution is -2.38. The number of hydrogen-bond donors (Lipinski definition) is 1. The summed E-state index contributed by atoms with van der Waals surface area (Å²) < 4.78 is 33.5. The van der Waals surface area contributed by atoms with E-state index in [1.165, 1.54) is 0 Å². The van der Waals surface area contributed by atoms with Crippen LogP contribution >= 0.6 is 0 Å². The highest BCUT2D eigenvalue weighted by Crippen LogP contribution is 2.24. The van der Waals surface area contributed by atoms with E-state index in [2.05, 4.69) is 4.72 Å². The maximum Gasteiger partial charge on any atom is 0.248 e. The molecule has 7 heteroatoms. The fourth-order valence-electron chi connectivity index (χ4n) is 3.30. The number of amides is 1. The zero-order valence-electron chi connectivity index (χ0n) is 16.2. The minimum atomic E-state index is -3.63. The first-order valence-electron chi connectivity index (χ1n) is 9.45. The Hall–Kier alpha value is -2.22. The molecule has 0 aromatic heterocycles. The summed E-state index contributed by atoms with van der Waals surface area (Å²) in [5.41, 5.74) is 2.86. The number of nitrogens with one attached hydrogen (secondary N) is 1. The molecule has 28 heavy (non-hydrogen) atoms. The van der Waals surface area contributed by atoms with Crippen molar-refractivity contribution in [2.45, 2.75) is 37.8 Å². The van der Waals surface area contributed by atoms with Gasteiger partial charge in [-0.3, -0.25) is 4.79 Å². The van der Waals surface area contributed by atoms with Gasteiger partial charge in [-0.25, -0.2) is 13.1 Å². The van der Waals surface area contributed by atoms with Crippen molar-refractivity contribution in [3.8, 4) is 0 Å². The molecular weight excluding hydrogens is 376 g/mol. The Morgan fingerprint density at radius 2 is 1.93 bits per heavy atom. The number of fused-ring (bicyclic) bond motifs is 1. The average Bonchev–Trinajstić information content (AvgIpc) is 2.71. The second kappa shape index (κ2) is 8.86. The number of hydrogen-bond acceptors (Lipinski definition) is 4. The molecule has 0 spiro atoms. The topological polar surface area (TPSA) is 75.7 Å². The number of carbonyl (C=O) groups is 1. The summed E-state index contributed by atoms with van der Waals surface area (Å²) in [7, 11) is -3.63. The largest absolute Gasteiger partial charge is 0.372 e. The van der Waals surface area contributed by atoms with Gasteiger partial charge in [0.15, 0.2) is 0 Å². The summed E-state index contributed by atoms with van der Waals surface area (Å²) in [6, 6.07) is 14.3. The van der Waals surface area contributed by atoms with Gasteiger partial charge >= 0.3 is 0 Å². The lowest BCUT2D eigenvalue weighted by molar-refractivity contribution is -0.136. The van der Waals surface area contributed by atoms with Gasteiger partial charge < -0.3 is 9.64 Å². The molecule has 0 fully saturated rings. The molecule has 0 radical (unpaired) electrons. The Morgan fingerprint density at radius 1 is 1.18 bits per heavy atom. The van der Waals surface area contributed by atoms with Crippen molar-refractivity contribution in [3.05, 3.63) is 65.2 Å². The fraction of sp³-hybridized carbons (Fsp3) is 0.381. The SMILES string of the molecule is CCOCC(=O)N1CCc2cc(S(=O)(=O)NC(C)c3ccccc3)ccc2C1. The van der Waals surface area contributed by atoms with Crippen molar-refractivity contribution in [2.75, 3.05) is 19.8 Å². The van der Waals surface area contributed by atoms with E-state index < -0.39 is 10.0 Å². The van der Waals surface area contributed by atoms with Crippen LogP contribution in [0.4, 0.5) is 0 Å². The van der Waals surface area contributed by atoms with Gasteiger partial charge in [0.1, 0.15) is 6.61 Å². The fourth-order valence-corrected chi connectivity index (χ4v) is 4.58. The van der Waals surface area contributed by atoms with E-state index in [1.807, 2.05) is 44.2 Å². The summed E-state index contributed by atoms with van der Waals surface area (Å²) in [6.07, 6.45) is 0.630. The Morgan fingerprint density at radius 3 is 2.64 bits per heavy atom. The highest BCUT2D eigenvalue weighted by atomic mass is 32.2. The molecular formula is C21H26N2O4S. The van der Waals surface area contributed by atoms with Crippen LogP contribution in [0.1, 0.15) is 36.6 Å². The smallest absolute Gasteiger partial charge is 0.248 e. The van der Waals surface area contributed by atoms with E-state index in [4.69, 9.17) is 4.74 Å². The molecule has 0 aliphatic carbocycles. The van der Waals surface area contributed by atoms with E-state index in [0.29, 0.717) is 26.1 Å². The molecule has 1 unspecified atom stereocenters. The van der Waals surface area contributed by atoms with Crippen molar-refractivity contribution in [3.63, 3.8) is 0 Å². The minimum Gasteiger partial charge on any atom is -0.372 e. The molecule has 1 atom stereocenters. The van der Waals surface area contributed by atoms with Gasteiger partial charge in [0.2, 0.25) is 15.9 Å². The van der Waals surface area contributed by atoms with Gasteiger partial charge in [0.25, 0.3) is 0 Å². The van der Waals surface area contributed by atoms with Gasteiger partial charge in [-0.05, 0) is 49.1 Å². The first-order valence-corrected chi connectivity index (χ1v) is 10.9. The molecule has 1 aliphatic rings. The number of carbonyl (C=O) groups excluding carboxylic acids is 1. The number of rotatable bonds is 7. The van der Waals surface area contributed by atoms with Crippen molar-refractivity contribution in [2.24, 2.45) is 0 Å². The van der Waals surface area contributed by atoms with Gasteiger partial charge in [-0.2, -0.15) is 0 Å².